The van der Waals surface area contributed by atoms with Gasteiger partial charge in [0.05, 0.1) is 7.11 Å². The molecule has 4 amide bonds. The van der Waals surface area contributed by atoms with E-state index in [1.165, 1.54) is 0 Å². The van der Waals surface area contributed by atoms with Crippen molar-refractivity contribution in [3.05, 3.63) is 65.9 Å². The van der Waals surface area contributed by atoms with Crippen molar-refractivity contribution in [2.75, 3.05) is 27.2 Å². The number of H-pyrrole nitrogens is 1. The summed E-state index contributed by atoms with van der Waals surface area (Å²) >= 11 is 0. The average molecular weight is 489 g/mol. The first kappa shape index (κ1) is 23.9. The van der Waals surface area contributed by atoms with Crippen molar-refractivity contribution in [2.45, 2.75) is 43.6 Å². The molecule has 2 fully saturated rings. The van der Waals surface area contributed by atoms with Crippen LogP contribution in [0.4, 0.5) is 4.79 Å². The first-order valence-corrected chi connectivity index (χ1v) is 12.5. The van der Waals surface area contributed by atoms with Gasteiger partial charge in [0.15, 0.2) is 0 Å². The van der Waals surface area contributed by atoms with E-state index in [1.54, 1.807) is 19.1 Å². The number of carbonyl (C=O) groups is 3. The number of para-hydroxylation sites is 1. The highest BCUT2D eigenvalue weighted by molar-refractivity contribution is 6.09. The quantitative estimate of drug-likeness (QED) is 0.491. The fourth-order valence-corrected chi connectivity index (χ4v) is 5.71. The molecule has 2 aliphatic rings. The maximum atomic E-state index is 13.3. The number of aromatic amines is 1. The first-order chi connectivity index (χ1) is 17.4. The number of imide groups is 1. The van der Waals surface area contributed by atoms with Crippen LogP contribution in [0.5, 0.6) is 5.75 Å². The molecule has 2 heterocycles. The van der Waals surface area contributed by atoms with Crippen LogP contribution in [0.3, 0.4) is 0 Å². The summed E-state index contributed by atoms with van der Waals surface area (Å²) in [6, 6.07) is 15.4. The Morgan fingerprint density at radius 2 is 1.81 bits per heavy atom. The molecular weight excluding hydrogens is 456 g/mol. The molecule has 8 heteroatoms. The molecule has 1 aliphatic heterocycles. The SMILES string of the molecule is COc1ccc([C@@H](CNC(=O)CN2C(=O)N(C)C3(CCCCC3)C2=O)c2c[nH]c3ccccc23)cc1. The predicted octanol–water partition coefficient (Wildman–Crippen LogP) is 4.02. The summed E-state index contributed by atoms with van der Waals surface area (Å²) < 4.78 is 5.31. The van der Waals surface area contributed by atoms with Crippen molar-refractivity contribution in [1.29, 1.82) is 0 Å². The van der Waals surface area contributed by atoms with Gasteiger partial charge in [0.25, 0.3) is 5.91 Å². The molecule has 0 radical (unpaired) electrons. The third-order valence-electron chi connectivity index (χ3n) is 7.80. The summed E-state index contributed by atoms with van der Waals surface area (Å²) in [4.78, 5) is 45.2. The zero-order valence-corrected chi connectivity index (χ0v) is 20.8. The van der Waals surface area contributed by atoms with Gasteiger partial charge in [-0.3, -0.25) is 14.5 Å². The van der Waals surface area contributed by atoms with Crippen molar-refractivity contribution in [2.24, 2.45) is 0 Å². The number of nitrogens with one attached hydrogen (secondary N) is 2. The summed E-state index contributed by atoms with van der Waals surface area (Å²) in [7, 11) is 3.31. The summed E-state index contributed by atoms with van der Waals surface area (Å²) in [5, 5.41) is 4.07. The fourth-order valence-electron chi connectivity index (χ4n) is 5.71. The van der Waals surface area contributed by atoms with Crippen LogP contribution in [0.2, 0.25) is 0 Å². The number of benzene rings is 2. The second kappa shape index (κ2) is 9.68. The minimum absolute atomic E-state index is 0.131. The molecule has 1 saturated heterocycles. The number of urea groups is 1. The largest absolute Gasteiger partial charge is 0.497 e. The maximum Gasteiger partial charge on any atom is 0.327 e. The van der Waals surface area contributed by atoms with Crippen molar-refractivity contribution in [1.82, 2.24) is 20.1 Å². The van der Waals surface area contributed by atoms with Gasteiger partial charge in [-0.1, -0.05) is 49.6 Å². The number of rotatable bonds is 7. The third kappa shape index (κ3) is 4.10. The minimum atomic E-state index is -0.786. The maximum absolute atomic E-state index is 13.3. The van der Waals surface area contributed by atoms with Gasteiger partial charge < -0.3 is 19.9 Å². The fraction of sp³-hybridized carbons (Fsp3) is 0.393. The number of nitrogens with zero attached hydrogens (tertiary/aromatic N) is 2. The van der Waals surface area contributed by atoms with Crippen LogP contribution in [0.25, 0.3) is 10.9 Å². The number of hydrogen-bond donors (Lipinski definition) is 2. The lowest BCUT2D eigenvalue weighted by Crippen LogP contribution is -2.49. The molecule has 2 aromatic carbocycles. The van der Waals surface area contributed by atoms with Gasteiger partial charge in [-0.25, -0.2) is 4.79 Å². The topological polar surface area (TPSA) is 94.7 Å². The zero-order valence-electron chi connectivity index (χ0n) is 20.8. The van der Waals surface area contributed by atoms with Crippen LogP contribution >= 0.6 is 0 Å². The van der Waals surface area contributed by atoms with E-state index in [4.69, 9.17) is 4.74 Å². The van der Waals surface area contributed by atoms with E-state index in [9.17, 15) is 14.4 Å². The number of fused-ring (bicyclic) bond motifs is 1. The molecule has 188 valence electrons. The number of hydrogen-bond acceptors (Lipinski definition) is 4. The Hall–Kier alpha value is -3.81. The highest BCUT2D eigenvalue weighted by atomic mass is 16.5. The Kier molecular flexibility index (Phi) is 6.43. The van der Waals surface area contributed by atoms with E-state index in [0.717, 1.165) is 51.9 Å². The monoisotopic (exact) mass is 488 g/mol. The van der Waals surface area contributed by atoms with Gasteiger partial charge in [0, 0.05) is 36.6 Å². The van der Waals surface area contributed by atoms with Crippen LogP contribution < -0.4 is 10.1 Å². The Bertz CT molecular complexity index is 1280. The van der Waals surface area contributed by atoms with Crippen LogP contribution in [0, 0.1) is 0 Å². The molecule has 3 aromatic rings. The van der Waals surface area contributed by atoms with Crippen molar-refractivity contribution >= 4 is 28.7 Å². The molecule has 8 nitrogen and oxygen atoms in total. The summed E-state index contributed by atoms with van der Waals surface area (Å²) in [5.41, 5.74) is 2.32. The number of methoxy groups -OCH3 is 1. The van der Waals surface area contributed by atoms with E-state index in [-0.39, 0.29) is 30.3 Å². The number of carbonyl (C=O) groups excluding carboxylic acids is 3. The van der Waals surface area contributed by atoms with Crippen LogP contribution in [-0.2, 0) is 9.59 Å². The molecular formula is C28H32N4O4. The number of ether oxygens (including phenoxy) is 1. The van der Waals surface area contributed by atoms with Crippen LogP contribution in [-0.4, -0.2) is 65.4 Å². The molecule has 1 spiro atoms. The third-order valence-corrected chi connectivity index (χ3v) is 7.80. The van der Waals surface area contributed by atoms with Gasteiger partial charge in [0.2, 0.25) is 5.91 Å². The normalized spacial score (nSPS) is 18.2. The van der Waals surface area contributed by atoms with Gasteiger partial charge in [0.1, 0.15) is 17.8 Å². The molecule has 1 saturated carbocycles. The lowest BCUT2D eigenvalue weighted by molar-refractivity contribution is -0.137. The molecule has 36 heavy (non-hydrogen) atoms. The number of aromatic nitrogens is 1. The van der Waals surface area contributed by atoms with Crippen molar-refractivity contribution in [3.8, 4) is 5.75 Å². The lowest BCUT2D eigenvalue weighted by Gasteiger charge is -2.35. The van der Waals surface area contributed by atoms with Crippen LogP contribution in [0.1, 0.15) is 49.1 Å². The van der Waals surface area contributed by atoms with E-state index in [0.29, 0.717) is 19.4 Å². The van der Waals surface area contributed by atoms with E-state index in [1.807, 2.05) is 48.7 Å². The Morgan fingerprint density at radius 3 is 2.53 bits per heavy atom. The summed E-state index contributed by atoms with van der Waals surface area (Å²) in [6.07, 6.45) is 6.19. The summed E-state index contributed by atoms with van der Waals surface area (Å²) in [5.74, 6) is 0.0325. The molecule has 1 atom stereocenters. The lowest BCUT2D eigenvalue weighted by atomic mass is 9.81. The molecule has 0 unspecified atom stereocenters. The molecule has 1 aromatic heterocycles. The van der Waals surface area contributed by atoms with Gasteiger partial charge in [-0.2, -0.15) is 0 Å². The second-order valence-electron chi connectivity index (χ2n) is 9.74. The molecule has 2 N–H and O–H groups in total. The smallest absolute Gasteiger partial charge is 0.327 e. The molecule has 5 rings (SSSR count). The van der Waals surface area contributed by atoms with E-state index < -0.39 is 5.54 Å². The van der Waals surface area contributed by atoms with Gasteiger partial charge in [-0.15, -0.1) is 0 Å². The van der Waals surface area contributed by atoms with E-state index in [2.05, 4.69) is 16.4 Å². The van der Waals surface area contributed by atoms with E-state index >= 15 is 0 Å². The summed E-state index contributed by atoms with van der Waals surface area (Å²) in [6.45, 7) is 0.0528. The Morgan fingerprint density at radius 1 is 1.08 bits per heavy atom. The number of likely N-dealkylation sites (N-methyl/N-ethyl adjacent to an activating group) is 1. The standard InChI is InChI=1S/C28H32N4O4/c1-31-27(35)32(26(34)28(31)14-6-3-7-15-28)18-25(33)30-16-22(19-10-12-20(36-2)13-11-19)23-17-29-24-9-5-4-8-21(23)24/h4-5,8-13,17,22,29H,3,6-7,14-16,18H2,1-2H3,(H,30,33)/t22-/m1/s1. The first-order valence-electron chi connectivity index (χ1n) is 12.5. The highest BCUT2D eigenvalue weighted by Gasteiger charge is 2.55. The molecule has 0 bridgehead atoms. The highest BCUT2D eigenvalue weighted by Crippen LogP contribution is 2.39. The Balaban J connectivity index is 1.34. The predicted molar refractivity (Wildman–Crippen MR) is 137 cm³/mol. The zero-order chi connectivity index (χ0) is 25.3. The van der Waals surface area contributed by atoms with Gasteiger partial charge in [-0.05, 0) is 42.2 Å². The number of amides is 4. The Labute approximate surface area is 210 Å². The van der Waals surface area contributed by atoms with Crippen LogP contribution in [0.15, 0.2) is 54.7 Å². The minimum Gasteiger partial charge on any atom is -0.497 e. The van der Waals surface area contributed by atoms with Crippen molar-refractivity contribution in [3.63, 3.8) is 0 Å². The van der Waals surface area contributed by atoms with Crippen molar-refractivity contribution < 1.29 is 19.1 Å². The van der Waals surface area contributed by atoms with Gasteiger partial charge >= 0.3 is 6.03 Å². The molecule has 1 aliphatic carbocycles. The average Bonchev–Trinajstić information content (AvgIpc) is 3.41. The second-order valence-corrected chi connectivity index (χ2v) is 9.74.